The minimum Gasteiger partial charge on any atom is -0.481 e. The van der Waals surface area contributed by atoms with E-state index in [0.29, 0.717) is 19.5 Å². The summed E-state index contributed by atoms with van der Waals surface area (Å²) in [7, 11) is 0. The molecular formula is C15H19BrN2O3. The number of carbonyl (C=O) groups excluding carboxylic acids is 1. The Morgan fingerprint density at radius 3 is 2.76 bits per heavy atom. The second kappa shape index (κ2) is 6.15. The van der Waals surface area contributed by atoms with Crippen LogP contribution in [-0.2, 0) is 9.59 Å². The van der Waals surface area contributed by atoms with Gasteiger partial charge in [-0.15, -0.1) is 0 Å². The zero-order valence-electron chi connectivity index (χ0n) is 12.1. The number of aliphatic carboxylic acids is 1. The number of hydrogen-bond acceptors (Lipinski definition) is 3. The third kappa shape index (κ3) is 3.63. The number of anilines is 1. The topological polar surface area (TPSA) is 69.6 Å². The molecule has 2 atom stereocenters. The second-order valence-corrected chi connectivity index (χ2v) is 6.68. The lowest BCUT2D eigenvalue weighted by Crippen LogP contribution is -2.42. The van der Waals surface area contributed by atoms with Gasteiger partial charge in [0.05, 0.1) is 11.5 Å². The molecule has 2 rings (SSSR count). The van der Waals surface area contributed by atoms with Crippen LogP contribution in [0, 0.1) is 5.41 Å². The first-order chi connectivity index (χ1) is 9.82. The molecule has 6 heteroatoms. The maximum Gasteiger partial charge on any atom is 0.310 e. The van der Waals surface area contributed by atoms with E-state index in [1.165, 1.54) is 0 Å². The molecule has 1 heterocycles. The average molecular weight is 355 g/mol. The lowest BCUT2D eigenvalue weighted by molar-refractivity contribution is -0.147. The van der Waals surface area contributed by atoms with Crippen LogP contribution in [-0.4, -0.2) is 41.0 Å². The highest BCUT2D eigenvalue weighted by Crippen LogP contribution is 2.31. The Labute approximate surface area is 132 Å². The molecule has 2 unspecified atom stereocenters. The summed E-state index contributed by atoms with van der Waals surface area (Å²) in [5, 5.41) is 12.1. The highest BCUT2D eigenvalue weighted by atomic mass is 79.9. The molecule has 1 fully saturated rings. The summed E-state index contributed by atoms with van der Waals surface area (Å²) in [5.74, 6) is -0.924. The molecule has 1 aromatic carbocycles. The van der Waals surface area contributed by atoms with E-state index >= 15 is 0 Å². The summed E-state index contributed by atoms with van der Waals surface area (Å²) in [6, 6.07) is 7.03. The number of nitrogens with one attached hydrogen (secondary N) is 1. The van der Waals surface area contributed by atoms with E-state index in [4.69, 9.17) is 0 Å². The Balaban J connectivity index is 1.99. The molecular weight excluding hydrogens is 336 g/mol. The van der Waals surface area contributed by atoms with E-state index in [0.717, 1.165) is 10.2 Å². The van der Waals surface area contributed by atoms with Gasteiger partial charge in [0, 0.05) is 23.2 Å². The number of nitrogens with zero attached hydrogens (tertiary/aromatic N) is 1. The van der Waals surface area contributed by atoms with Crippen LogP contribution in [0.25, 0.3) is 0 Å². The average Bonchev–Trinajstić information content (AvgIpc) is 2.82. The zero-order chi connectivity index (χ0) is 15.6. The SMILES string of the molecule is CC(C(=O)Nc1cccc(Br)c1)N1CCC(C)(C(=O)O)C1. The quantitative estimate of drug-likeness (QED) is 0.871. The van der Waals surface area contributed by atoms with Crippen LogP contribution in [0.15, 0.2) is 28.7 Å². The van der Waals surface area contributed by atoms with Gasteiger partial charge < -0.3 is 10.4 Å². The predicted molar refractivity (Wildman–Crippen MR) is 84.2 cm³/mol. The summed E-state index contributed by atoms with van der Waals surface area (Å²) in [6.07, 6.45) is 0.566. The Hall–Kier alpha value is -1.40. The van der Waals surface area contributed by atoms with Gasteiger partial charge in [0.1, 0.15) is 0 Å². The summed E-state index contributed by atoms with van der Waals surface area (Å²) < 4.78 is 0.896. The van der Waals surface area contributed by atoms with Crippen molar-refractivity contribution in [2.75, 3.05) is 18.4 Å². The van der Waals surface area contributed by atoms with Crippen molar-refractivity contribution >= 4 is 33.5 Å². The van der Waals surface area contributed by atoms with Crippen molar-refractivity contribution in [3.63, 3.8) is 0 Å². The van der Waals surface area contributed by atoms with E-state index < -0.39 is 11.4 Å². The van der Waals surface area contributed by atoms with E-state index in [2.05, 4.69) is 21.2 Å². The number of hydrogen-bond donors (Lipinski definition) is 2. The second-order valence-electron chi connectivity index (χ2n) is 5.76. The molecule has 1 aliphatic heterocycles. The van der Waals surface area contributed by atoms with Gasteiger partial charge in [-0.25, -0.2) is 0 Å². The minimum absolute atomic E-state index is 0.122. The van der Waals surface area contributed by atoms with Gasteiger partial charge in [-0.3, -0.25) is 14.5 Å². The number of carboxylic acid groups (broad SMARTS) is 1. The van der Waals surface area contributed by atoms with Gasteiger partial charge in [-0.2, -0.15) is 0 Å². The van der Waals surface area contributed by atoms with E-state index in [-0.39, 0.29) is 11.9 Å². The van der Waals surface area contributed by atoms with Crippen molar-refractivity contribution in [3.05, 3.63) is 28.7 Å². The third-order valence-electron chi connectivity index (χ3n) is 4.04. The van der Waals surface area contributed by atoms with Crippen molar-refractivity contribution in [1.29, 1.82) is 0 Å². The molecule has 0 aliphatic carbocycles. The molecule has 0 aromatic heterocycles. The Bertz CT molecular complexity index is 564. The maximum absolute atomic E-state index is 12.3. The van der Waals surface area contributed by atoms with Crippen LogP contribution < -0.4 is 5.32 Å². The van der Waals surface area contributed by atoms with Crippen molar-refractivity contribution in [3.8, 4) is 0 Å². The molecule has 1 amide bonds. The van der Waals surface area contributed by atoms with Crippen LogP contribution in [0.3, 0.4) is 0 Å². The van der Waals surface area contributed by atoms with Gasteiger partial charge in [0.2, 0.25) is 5.91 Å². The number of likely N-dealkylation sites (tertiary alicyclic amines) is 1. The Morgan fingerprint density at radius 1 is 1.48 bits per heavy atom. The highest BCUT2D eigenvalue weighted by molar-refractivity contribution is 9.10. The molecule has 114 valence electrons. The molecule has 0 spiro atoms. The van der Waals surface area contributed by atoms with Crippen LogP contribution in [0.2, 0.25) is 0 Å². The standard InChI is InChI=1S/C15H19BrN2O3/c1-10(18-7-6-15(2,9-18)14(20)21)13(19)17-12-5-3-4-11(16)8-12/h3-5,8,10H,6-7,9H2,1-2H3,(H,17,19)(H,20,21). The molecule has 21 heavy (non-hydrogen) atoms. The van der Waals surface area contributed by atoms with Crippen molar-refractivity contribution < 1.29 is 14.7 Å². The van der Waals surface area contributed by atoms with Gasteiger partial charge in [0.25, 0.3) is 0 Å². The smallest absolute Gasteiger partial charge is 0.310 e. The molecule has 5 nitrogen and oxygen atoms in total. The Kier molecular flexibility index (Phi) is 4.68. The summed E-state index contributed by atoms with van der Waals surface area (Å²) >= 11 is 3.36. The van der Waals surface area contributed by atoms with Crippen molar-refractivity contribution in [1.82, 2.24) is 4.90 Å². The lowest BCUT2D eigenvalue weighted by atomic mass is 9.90. The van der Waals surface area contributed by atoms with Crippen molar-refractivity contribution in [2.45, 2.75) is 26.3 Å². The zero-order valence-corrected chi connectivity index (χ0v) is 13.7. The van der Waals surface area contributed by atoms with Crippen LogP contribution in [0.4, 0.5) is 5.69 Å². The number of amides is 1. The fourth-order valence-electron chi connectivity index (χ4n) is 2.48. The molecule has 0 saturated carbocycles. The molecule has 1 aliphatic rings. The summed E-state index contributed by atoms with van der Waals surface area (Å²) in [4.78, 5) is 25.5. The summed E-state index contributed by atoms with van der Waals surface area (Å²) in [5.41, 5.74) is -0.0361. The van der Waals surface area contributed by atoms with Crippen LogP contribution >= 0.6 is 15.9 Å². The van der Waals surface area contributed by atoms with Crippen LogP contribution in [0.1, 0.15) is 20.3 Å². The van der Waals surface area contributed by atoms with E-state index in [1.807, 2.05) is 29.2 Å². The number of halogens is 1. The van der Waals surface area contributed by atoms with Gasteiger partial charge in [-0.05, 0) is 38.5 Å². The van der Waals surface area contributed by atoms with Gasteiger partial charge in [-0.1, -0.05) is 22.0 Å². The summed E-state index contributed by atoms with van der Waals surface area (Å²) in [6.45, 7) is 4.56. The van der Waals surface area contributed by atoms with Gasteiger partial charge in [0.15, 0.2) is 0 Å². The molecule has 0 bridgehead atoms. The largest absolute Gasteiger partial charge is 0.481 e. The third-order valence-corrected chi connectivity index (χ3v) is 4.53. The number of carboxylic acids is 1. The first kappa shape index (κ1) is 16.0. The Morgan fingerprint density at radius 2 is 2.19 bits per heavy atom. The predicted octanol–water partition coefficient (Wildman–Crippen LogP) is 2.57. The lowest BCUT2D eigenvalue weighted by Gasteiger charge is -2.25. The molecule has 0 radical (unpaired) electrons. The molecule has 2 N–H and O–H groups in total. The van der Waals surface area contributed by atoms with Crippen LogP contribution in [0.5, 0.6) is 0 Å². The first-order valence-corrected chi connectivity index (χ1v) is 7.65. The fourth-order valence-corrected chi connectivity index (χ4v) is 2.88. The minimum atomic E-state index is -0.801. The normalized spacial score (nSPS) is 23.8. The monoisotopic (exact) mass is 354 g/mol. The fraction of sp³-hybridized carbons (Fsp3) is 0.467. The number of benzene rings is 1. The molecule has 1 saturated heterocycles. The first-order valence-electron chi connectivity index (χ1n) is 6.86. The highest BCUT2D eigenvalue weighted by Gasteiger charge is 2.42. The van der Waals surface area contributed by atoms with Crippen molar-refractivity contribution in [2.24, 2.45) is 5.41 Å². The molecule has 1 aromatic rings. The maximum atomic E-state index is 12.3. The number of carbonyl (C=O) groups is 2. The number of rotatable bonds is 4. The van der Waals surface area contributed by atoms with E-state index in [9.17, 15) is 14.7 Å². The van der Waals surface area contributed by atoms with E-state index in [1.54, 1.807) is 13.8 Å². The van der Waals surface area contributed by atoms with Gasteiger partial charge >= 0.3 is 5.97 Å².